The van der Waals surface area contributed by atoms with Crippen LogP contribution in [0, 0.1) is 0 Å². The van der Waals surface area contributed by atoms with Crippen LogP contribution in [0.3, 0.4) is 0 Å². The normalized spacial score (nSPS) is 20.9. The Morgan fingerprint density at radius 3 is 1.14 bits per heavy atom. The van der Waals surface area contributed by atoms with Gasteiger partial charge in [-0.25, -0.2) is 0 Å². The van der Waals surface area contributed by atoms with Gasteiger partial charge in [0.2, 0.25) is 0 Å². The number of hydrogen-bond acceptors (Lipinski definition) is 8. The van der Waals surface area contributed by atoms with Crippen molar-refractivity contribution in [3.63, 3.8) is 0 Å². The van der Waals surface area contributed by atoms with Gasteiger partial charge in [-0.2, -0.15) is 0 Å². The summed E-state index contributed by atoms with van der Waals surface area (Å²) in [6, 6.07) is 13.4. The van der Waals surface area contributed by atoms with Crippen molar-refractivity contribution >= 4 is 57.0 Å². The van der Waals surface area contributed by atoms with Gasteiger partial charge in [0.15, 0.2) is 0 Å². The summed E-state index contributed by atoms with van der Waals surface area (Å²) in [7, 11) is -0.939. The summed E-state index contributed by atoms with van der Waals surface area (Å²) >= 11 is 6.85. The molecule has 0 aromatic heterocycles. The van der Waals surface area contributed by atoms with E-state index in [1.54, 1.807) is 0 Å². The van der Waals surface area contributed by atoms with E-state index in [1.807, 2.05) is 0 Å². The van der Waals surface area contributed by atoms with Gasteiger partial charge in [0, 0.05) is 29.3 Å². The van der Waals surface area contributed by atoms with Crippen LogP contribution in [0.4, 0.5) is 0 Å². The van der Waals surface area contributed by atoms with Crippen LogP contribution in [0.2, 0.25) is 0 Å². The van der Waals surface area contributed by atoms with Gasteiger partial charge in [-0.05, 0) is 101 Å². The fourth-order valence-electron chi connectivity index (χ4n) is 6.69. The molecule has 1 aliphatic carbocycles. The van der Waals surface area contributed by atoms with E-state index in [9.17, 15) is 0 Å². The molecule has 270 valence electrons. The number of fused-ring (bicyclic) bond motifs is 3. The number of halogens is 2. The van der Waals surface area contributed by atoms with Gasteiger partial charge in [0.05, 0.1) is 62.0 Å². The summed E-state index contributed by atoms with van der Waals surface area (Å²) in [5, 5.41) is 1.61. The second-order valence-electron chi connectivity index (χ2n) is 15.2. The molecule has 5 rings (SSSR count). The Morgan fingerprint density at radius 2 is 0.816 bits per heavy atom. The van der Waals surface area contributed by atoms with E-state index in [2.05, 4.69) is 124 Å². The maximum Gasteiger partial charge on any atom is 0.494 e. The van der Waals surface area contributed by atoms with Crippen molar-refractivity contribution in [2.45, 2.75) is 96.1 Å². The van der Waals surface area contributed by atoms with Crippen molar-refractivity contribution in [3.8, 4) is 11.1 Å². The second-order valence-corrected chi connectivity index (χ2v) is 16.8. The number of rotatable bonds is 18. The predicted octanol–water partition coefficient (Wildman–Crippen LogP) is 6.19. The van der Waals surface area contributed by atoms with Gasteiger partial charge >= 0.3 is 14.2 Å². The highest BCUT2D eigenvalue weighted by atomic mass is 79.9. The molecule has 0 atom stereocenters. The molecule has 0 unspecified atom stereocenters. The van der Waals surface area contributed by atoms with E-state index < -0.39 is 42.1 Å². The Labute approximate surface area is 311 Å². The highest BCUT2D eigenvalue weighted by Gasteiger charge is 2.54. The van der Waals surface area contributed by atoms with Crippen LogP contribution >= 0.6 is 31.9 Å². The largest absolute Gasteiger partial charge is 0.494 e. The molecule has 8 nitrogen and oxygen atoms in total. The van der Waals surface area contributed by atoms with Crippen LogP contribution in [-0.4, -0.2) is 100 Å². The molecule has 12 heteroatoms. The van der Waals surface area contributed by atoms with Gasteiger partial charge in [-0.3, -0.25) is 0 Å². The number of hydrogen-bond donors (Lipinski definition) is 0. The number of benzene rings is 2. The molecular formula is C37H54B2Br2O8. The van der Waals surface area contributed by atoms with E-state index in [-0.39, 0.29) is 0 Å². The zero-order chi connectivity index (χ0) is 35.5. The van der Waals surface area contributed by atoms with E-state index in [4.69, 9.17) is 37.6 Å². The molecule has 0 amide bonds. The van der Waals surface area contributed by atoms with Crippen molar-refractivity contribution in [1.82, 2.24) is 0 Å². The minimum absolute atomic E-state index is 0.405. The molecule has 0 radical (unpaired) electrons. The lowest BCUT2D eigenvalue weighted by molar-refractivity contribution is 0.00578. The summed E-state index contributed by atoms with van der Waals surface area (Å²) in [5.41, 5.74) is 4.73. The van der Waals surface area contributed by atoms with Crippen LogP contribution in [0.1, 0.15) is 79.4 Å². The molecule has 2 saturated heterocycles. The molecule has 49 heavy (non-hydrogen) atoms. The lowest BCUT2D eigenvalue weighted by Crippen LogP contribution is -2.41. The minimum Gasteiger partial charge on any atom is -0.399 e. The highest BCUT2D eigenvalue weighted by Crippen LogP contribution is 2.53. The van der Waals surface area contributed by atoms with Gasteiger partial charge in [0.1, 0.15) is 0 Å². The molecule has 2 fully saturated rings. The van der Waals surface area contributed by atoms with Crippen molar-refractivity contribution in [2.75, 3.05) is 63.5 Å². The molecule has 3 aliphatic rings. The Morgan fingerprint density at radius 1 is 0.490 bits per heavy atom. The smallest absolute Gasteiger partial charge is 0.399 e. The quantitative estimate of drug-likeness (QED) is 0.101. The van der Waals surface area contributed by atoms with Crippen LogP contribution in [0.5, 0.6) is 0 Å². The lowest BCUT2D eigenvalue weighted by atomic mass is 9.68. The Kier molecular flexibility index (Phi) is 12.9. The first kappa shape index (κ1) is 39.4. The monoisotopic (exact) mass is 806 g/mol. The van der Waals surface area contributed by atoms with Crippen molar-refractivity contribution in [2.24, 2.45) is 0 Å². The Hall–Kier alpha value is -0.790. The summed E-state index contributed by atoms with van der Waals surface area (Å²) in [4.78, 5) is 0. The van der Waals surface area contributed by atoms with Crippen molar-refractivity contribution in [1.29, 1.82) is 0 Å². The topological polar surface area (TPSA) is 73.8 Å². The SMILES string of the molecule is CC1(C)OB(c2ccc3c(c2)C(CCOCCOCCBr)(CCOCCOCCBr)c2cc(B4OC(C)(C)C(C)(C)O4)ccc2-3)OC1(C)C. The van der Waals surface area contributed by atoms with Gasteiger partial charge in [0.25, 0.3) is 0 Å². The Balaban J connectivity index is 1.52. The maximum atomic E-state index is 6.53. The van der Waals surface area contributed by atoms with Crippen LogP contribution < -0.4 is 10.9 Å². The van der Waals surface area contributed by atoms with E-state index in [0.717, 1.165) is 34.4 Å². The molecule has 0 spiro atoms. The fraction of sp³-hybridized carbons (Fsp3) is 0.676. The van der Waals surface area contributed by atoms with Gasteiger partial charge < -0.3 is 37.6 Å². The minimum atomic E-state index is -0.470. The standard InChI is InChI=1S/C37H54B2Br2O8/c1-33(2)34(3,4)47-38(46-33)27-9-11-29-30-12-10-28(39-48-35(5,6)36(7,8)49-39)26-32(30)37(31(29)25-27,13-17-42-21-23-44-19-15-40)14-18-43-22-24-45-20-16-41/h9-12,25-26H,13-24H2,1-8H3. The molecule has 2 aromatic carbocycles. The molecule has 2 aromatic rings. The average Bonchev–Trinajstić information content (AvgIpc) is 3.54. The fourth-order valence-corrected chi connectivity index (χ4v) is 7.15. The third-order valence-corrected chi connectivity index (χ3v) is 11.6. The van der Waals surface area contributed by atoms with Gasteiger partial charge in [-0.1, -0.05) is 68.3 Å². The lowest BCUT2D eigenvalue weighted by Gasteiger charge is -2.33. The molecule has 0 N–H and O–H groups in total. The number of ether oxygens (including phenoxy) is 4. The predicted molar refractivity (Wildman–Crippen MR) is 204 cm³/mol. The number of alkyl halides is 2. The zero-order valence-corrected chi connectivity index (χ0v) is 33.8. The summed E-state index contributed by atoms with van der Waals surface area (Å²) in [6.07, 6.45) is 1.52. The third kappa shape index (κ3) is 8.40. The van der Waals surface area contributed by atoms with Crippen LogP contribution in [0.15, 0.2) is 36.4 Å². The van der Waals surface area contributed by atoms with Crippen LogP contribution in [0.25, 0.3) is 11.1 Å². The molecular weight excluding hydrogens is 754 g/mol. The molecule has 2 aliphatic heterocycles. The first-order chi connectivity index (χ1) is 23.2. The Bertz CT molecular complexity index is 1280. The van der Waals surface area contributed by atoms with Gasteiger partial charge in [-0.15, -0.1) is 0 Å². The first-order valence-electron chi connectivity index (χ1n) is 17.6. The summed E-state index contributed by atoms with van der Waals surface area (Å²) in [5.74, 6) is 0. The van der Waals surface area contributed by atoms with E-state index in [1.165, 1.54) is 22.3 Å². The molecule has 2 heterocycles. The maximum absolute atomic E-state index is 6.53. The molecule has 0 bridgehead atoms. The van der Waals surface area contributed by atoms with E-state index >= 15 is 0 Å². The zero-order valence-electron chi connectivity index (χ0n) is 30.6. The van der Waals surface area contributed by atoms with Crippen LogP contribution in [-0.2, 0) is 43.0 Å². The highest BCUT2D eigenvalue weighted by molar-refractivity contribution is 9.09. The summed E-state index contributed by atoms with van der Waals surface area (Å²) < 4.78 is 49.9. The third-order valence-electron chi connectivity index (χ3n) is 11.0. The second kappa shape index (κ2) is 16.1. The van der Waals surface area contributed by atoms with Crippen molar-refractivity contribution in [3.05, 3.63) is 47.5 Å². The summed E-state index contributed by atoms with van der Waals surface area (Å²) in [6.45, 7) is 21.4. The average molecular weight is 808 g/mol. The first-order valence-corrected chi connectivity index (χ1v) is 19.9. The van der Waals surface area contributed by atoms with E-state index in [0.29, 0.717) is 52.9 Å². The molecule has 0 saturated carbocycles. The van der Waals surface area contributed by atoms with Crippen molar-refractivity contribution < 1.29 is 37.6 Å².